The molecule has 4 rings (SSSR count). The van der Waals surface area contributed by atoms with E-state index in [1.807, 2.05) is 7.05 Å². The fourth-order valence-electron chi connectivity index (χ4n) is 3.23. The maximum absolute atomic E-state index is 13.1. The van der Waals surface area contributed by atoms with Crippen LogP contribution in [0.25, 0.3) is 23.0 Å². The Labute approximate surface area is 154 Å². The summed E-state index contributed by atoms with van der Waals surface area (Å²) in [5.41, 5.74) is 3.13. The van der Waals surface area contributed by atoms with Crippen molar-refractivity contribution in [1.29, 1.82) is 0 Å². The van der Waals surface area contributed by atoms with Gasteiger partial charge in [-0.1, -0.05) is 5.16 Å². The Hall–Kier alpha value is -3.07. The van der Waals surface area contributed by atoms with Crippen LogP contribution in [-0.2, 0) is 29.5 Å². The molecule has 1 amide bonds. The van der Waals surface area contributed by atoms with Crippen LogP contribution in [-0.4, -0.2) is 51.0 Å². The fraction of sp³-hybridized carbons (Fsp3) is 0.333. The molecule has 0 saturated heterocycles. The van der Waals surface area contributed by atoms with Gasteiger partial charge in [0, 0.05) is 50.5 Å². The number of carbonyl (C=O) groups excluding carboxylic acids is 1. The van der Waals surface area contributed by atoms with Gasteiger partial charge in [0.25, 0.3) is 5.89 Å². The smallest absolute Gasteiger partial charge is 0.279 e. The summed E-state index contributed by atoms with van der Waals surface area (Å²) in [7, 11) is 3.35. The topological polar surface area (TPSA) is 86.3 Å². The van der Waals surface area contributed by atoms with Crippen LogP contribution in [0.15, 0.2) is 28.8 Å². The molecule has 9 heteroatoms. The summed E-state index contributed by atoms with van der Waals surface area (Å²) >= 11 is 0. The second-order valence-corrected chi connectivity index (χ2v) is 6.33. The lowest BCUT2D eigenvalue weighted by Crippen LogP contribution is -2.38. The average Bonchev–Trinajstić information content (AvgIpc) is 3.27. The SMILES string of the molecule is COCC(=O)N1CCc2c(c(-c3nc(-c4ccc(F)cc4)no3)nn2C)C1. The zero-order valence-corrected chi connectivity index (χ0v) is 15.0. The van der Waals surface area contributed by atoms with Crippen LogP contribution < -0.4 is 0 Å². The Bertz CT molecular complexity index is 980. The van der Waals surface area contributed by atoms with Gasteiger partial charge in [-0.3, -0.25) is 9.48 Å². The Morgan fingerprint density at radius 3 is 2.85 bits per heavy atom. The molecule has 3 heterocycles. The molecule has 0 fully saturated rings. The third-order valence-corrected chi connectivity index (χ3v) is 4.59. The summed E-state index contributed by atoms with van der Waals surface area (Å²) in [6, 6.07) is 5.85. The first-order valence-electron chi connectivity index (χ1n) is 8.48. The predicted octanol–water partition coefficient (Wildman–Crippen LogP) is 1.81. The lowest BCUT2D eigenvalue weighted by molar-refractivity contribution is -0.136. The van der Waals surface area contributed by atoms with Crippen molar-refractivity contribution in [2.45, 2.75) is 13.0 Å². The van der Waals surface area contributed by atoms with E-state index < -0.39 is 0 Å². The maximum atomic E-state index is 13.1. The molecule has 1 aliphatic rings. The normalized spacial score (nSPS) is 13.7. The third kappa shape index (κ3) is 3.21. The van der Waals surface area contributed by atoms with Crippen molar-refractivity contribution in [3.8, 4) is 23.0 Å². The number of hydrogen-bond acceptors (Lipinski definition) is 6. The van der Waals surface area contributed by atoms with E-state index in [1.54, 1.807) is 21.7 Å². The van der Waals surface area contributed by atoms with Crippen LogP contribution in [0.4, 0.5) is 4.39 Å². The number of nitrogens with zero attached hydrogens (tertiary/aromatic N) is 5. The molecule has 0 atom stereocenters. The van der Waals surface area contributed by atoms with Gasteiger partial charge in [0.15, 0.2) is 5.69 Å². The molecule has 2 aromatic heterocycles. The fourth-order valence-corrected chi connectivity index (χ4v) is 3.23. The third-order valence-electron chi connectivity index (χ3n) is 4.59. The van der Waals surface area contributed by atoms with E-state index in [0.29, 0.717) is 36.6 Å². The van der Waals surface area contributed by atoms with E-state index >= 15 is 0 Å². The first-order chi connectivity index (χ1) is 13.1. The van der Waals surface area contributed by atoms with Crippen LogP contribution >= 0.6 is 0 Å². The van der Waals surface area contributed by atoms with Gasteiger partial charge in [0.05, 0.1) is 0 Å². The van der Waals surface area contributed by atoms with Gasteiger partial charge in [-0.15, -0.1) is 0 Å². The molecule has 0 aliphatic carbocycles. The molecule has 0 radical (unpaired) electrons. The van der Waals surface area contributed by atoms with Crippen LogP contribution in [0.1, 0.15) is 11.3 Å². The average molecular weight is 371 g/mol. The van der Waals surface area contributed by atoms with Gasteiger partial charge >= 0.3 is 0 Å². The lowest BCUT2D eigenvalue weighted by Gasteiger charge is -2.27. The Kier molecular flexibility index (Phi) is 4.44. The number of aromatic nitrogens is 4. The van der Waals surface area contributed by atoms with Crippen LogP contribution in [0.2, 0.25) is 0 Å². The van der Waals surface area contributed by atoms with Crippen molar-refractivity contribution in [2.75, 3.05) is 20.3 Å². The van der Waals surface area contributed by atoms with Crippen molar-refractivity contribution in [3.63, 3.8) is 0 Å². The Balaban J connectivity index is 1.66. The van der Waals surface area contributed by atoms with Gasteiger partial charge in [0.1, 0.15) is 12.4 Å². The largest absolute Gasteiger partial charge is 0.375 e. The Morgan fingerprint density at radius 2 is 2.11 bits per heavy atom. The monoisotopic (exact) mass is 371 g/mol. The van der Waals surface area contributed by atoms with Gasteiger partial charge in [-0.25, -0.2) is 4.39 Å². The number of carbonyl (C=O) groups is 1. The van der Waals surface area contributed by atoms with E-state index in [1.165, 1.54) is 19.2 Å². The first-order valence-corrected chi connectivity index (χ1v) is 8.48. The lowest BCUT2D eigenvalue weighted by atomic mass is 10.0. The summed E-state index contributed by atoms with van der Waals surface area (Å²) in [6.45, 7) is 1.06. The number of fused-ring (bicyclic) bond motifs is 1. The summed E-state index contributed by atoms with van der Waals surface area (Å²) < 4.78 is 25.2. The number of aryl methyl sites for hydroxylation is 1. The summed E-state index contributed by atoms with van der Waals surface area (Å²) in [5, 5.41) is 8.49. The summed E-state index contributed by atoms with van der Waals surface area (Å²) in [4.78, 5) is 18.3. The zero-order chi connectivity index (χ0) is 19.0. The quantitative estimate of drug-likeness (QED) is 0.695. The molecular weight excluding hydrogens is 353 g/mol. The number of hydrogen-bond donors (Lipinski definition) is 0. The van der Waals surface area contributed by atoms with Gasteiger partial charge in [-0.05, 0) is 24.3 Å². The highest BCUT2D eigenvalue weighted by Gasteiger charge is 2.29. The standard InChI is InChI=1S/C18H18FN5O3/c1-23-14-7-8-24(15(25)10-26-2)9-13(14)16(21-23)18-20-17(22-27-18)11-3-5-12(19)6-4-11/h3-6H,7-10H2,1-2H3. The molecule has 1 aliphatic heterocycles. The predicted molar refractivity (Wildman–Crippen MR) is 92.9 cm³/mol. The van der Waals surface area contributed by atoms with Crippen molar-refractivity contribution < 1.29 is 18.4 Å². The molecule has 27 heavy (non-hydrogen) atoms. The summed E-state index contributed by atoms with van der Waals surface area (Å²) in [6.07, 6.45) is 0.688. The highest BCUT2D eigenvalue weighted by molar-refractivity contribution is 5.78. The van der Waals surface area contributed by atoms with E-state index in [0.717, 1.165) is 11.3 Å². The Morgan fingerprint density at radius 1 is 1.33 bits per heavy atom. The van der Waals surface area contributed by atoms with Crippen LogP contribution in [0, 0.1) is 5.82 Å². The number of rotatable bonds is 4. The molecule has 0 unspecified atom stereocenters. The van der Waals surface area contributed by atoms with Gasteiger partial charge < -0.3 is 14.2 Å². The second-order valence-electron chi connectivity index (χ2n) is 6.33. The maximum Gasteiger partial charge on any atom is 0.279 e. The number of halogens is 1. The van der Waals surface area contributed by atoms with Crippen molar-refractivity contribution >= 4 is 5.91 Å². The molecule has 0 saturated carbocycles. The van der Waals surface area contributed by atoms with Crippen molar-refractivity contribution in [1.82, 2.24) is 24.8 Å². The van der Waals surface area contributed by atoms with E-state index in [4.69, 9.17) is 9.26 Å². The van der Waals surface area contributed by atoms with Crippen molar-refractivity contribution in [2.24, 2.45) is 7.05 Å². The van der Waals surface area contributed by atoms with E-state index in [-0.39, 0.29) is 24.2 Å². The van der Waals surface area contributed by atoms with Gasteiger partial charge in [-0.2, -0.15) is 10.1 Å². The van der Waals surface area contributed by atoms with Gasteiger partial charge in [0.2, 0.25) is 11.7 Å². The summed E-state index contributed by atoms with van der Waals surface area (Å²) in [5.74, 6) is 0.220. The number of benzene rings is 1. The van der Waals surface area contributed by atoms with E-state index in [9.17, 15) is 9.18 Å². The molecule has 0 bridgehead atoms. The molecule has 0 spiro atoms. The van der Waals surface area contributed by atoms with E-state index in [2.05, 4.69) is 15.2 Å². The molecule has 3 aromatic rings. The first kappa shape index (κ1) is 17.3. The molecule has 140 valence electrons. The van der Waals surface area contributed by atoms with Crippen LogP contribution in [0.3, 0.4) is 0 Å². The van der Waals surface area contributed by atoms with Crippen molar-refractivity contribution in [3.05, 3.63) is 41.3 Å². The highest BCUT2D eigenvalue weighted by Crippen LogP contribution is 2.30. The molecule has 8 nitrogen and oxygen atoms in total. The molecule has 0 N–H and O–H groups in total. The second kappa shape index (κ2) is 6.92. The minimum absolute atomic E-state index is 0.0419. The van der Waals surface area contributed by atoms with Crippen LogP contribution in [0.5, 0.6) is 0 Å². The number of ether oxygens (including phenoxy) is 1. The minimum atomic E-state index is -0.331. The number of amides is 1. The minimum Gasteiger partial charge on any atom is -0.375 e. The zero-order valence-electron chi connectivity index (χ0n) is 15.0. The number of methoxy groups -OCH3 is 1. The molecule has 1 aromatic carbocycles. The highest BCUT2D eigenvalue weighted by atomic mass is 19.1. The molecular formula is C18H18FN5O3.